The van der Waals surface area contributed by atoms with Gasteiger partial charge in [-0.05, 0) is 53.1 Å². The molecule has 0 radical (unpaired) electrons. The summed E-state index contributed by atoms with van der Waals surface area (Å²) in [6, 6.07) is 18.0. The van der Waals surface area contributed by atoms with Gasteiger partial charge in [-0.1, -0.05) is 87.8 Å². The highest BCUT2D eigenvalue weighted by molar-refractivity contribution is 9.10. The minimum atomic E-state index is -1.04. The molecule has 1 heterocycles. The van der Waals surface area contributed by atoms with Crippen molar-refractivity contribution in [3.63, 3.8) is 0 Å². The molecule has 1 aliphatic carbocycles. The normalized spacial score (nSPS) is 15.3. The predicted octanol–water partition coefficient (Wildman–Crippen LogP) is 7.73. The van der Waals surface area contributed by atoms with Crippen LogP contribution in [-0.4, -0.2) is 27.6 Å². The van der Waals surface area contributed by atoms with Crippen LogP contribution in [0, 0.1) is 0 Å². The summed E-state index contributed by atoms with van der Waals surface area (Å²) in [5.74, 6) is -1.21. The van der Waals surface area contributed by atoms with Gasteiger partial charge in [0.25, 0.3) is 5.75 Å². The molecule has 0 fully saturated rings. The van der Waals surface area contributed by atoms with Crippen molar-refractivity contribution in [2.75, 3.05) is 0 Å². The average molecular weight is 630 g/mol. The molecule has 1 unspecified atom stereocenters. The van der Waals surface area contributed by atoms with Crippen LogP contribution in [0.1, 0.15) is 97.0 Å². The highest BCUT2D eigenvalue weighted by Crippen LogP contribution is 2.41. The molecule has 216 valence electrons. The van der Waals surface area contributed by atoms with E-state index in [0.29, 0.717) is 39.0 Å². The molecule has 1 atom stereocenters. The lowest BCUT2D eigenvalue weighted by Crippen LogP contribution is -2.18. The molecule has 5 rings (SSSR count). The van der Waals surface area contributed by atoms with E-state index >= 15 is 0 Å². The largest absolute Gasteiger partial charge is 0.593 e. The van der Waals surface area contributed by atoms with Crippen molar-refractivity contribution in [2.24, 2.45) is 0 Å². The third kappa shape index (κ3) is 5.50. The van der Waals surface area contributed by atoms with Crippen molar-refractivity contribution in [2.45, 2.75) is 71.1 Å². The van der Waals surface area contributed by atoms with E-state index in [0.717, 1.165) is 22.1 Å². The maximum Gasteiger partial charge on any atom is 0.311 e. The van der Waals surface area contributed by atoms with Gasteiger partial charge in [0.15, 0.2) is 17.3 Å². The lowest BCUT2D eigenvalue weighted by Gasteiger charge is -2.25. The fourth-order valence-corrected chi connectivity index (χ4v) is 6.06. The van der Waals surface area contributed by atoms with Crippen molar-refractivity contribution in [1.82, 2.24) is 4.98 Å². The zero-order chi connectivity index (χ0) is 30.6. The van der Waals surface area contributed by atoms with E-state index < -0.39 is 11.9 Å². The second kappa shape index (κ2) is 10.8. The molecule has 1 aromatic heterocycles. The Balaban J connectivity index is 1.40. The zero-order valence-electron chi connectivity index (χ0n) is 24.7. The molecule has 2 N–H and O–H groups in total. The van der Waals surface area contributed by atoms with Crippen LogP contribution in [0.25, 0.3) is 10.9 Å². The number of carbonyl (C=O) groups excluding carboxylic acids is 3. The van der Waals surface area contributed by atoms with E-state index in [1.54, 1.807) is 42.5 Å². The number of aryl methyl sites for hydroxylation is 1. The molecular formula is C35H35BrNO5+. The number of hydrogen-bond acceptors (Lipinski definition) is 5. The lowest BCUT2D eigenvalue weighted by molar-refractivity contribution is -0.134. The van der Waals surface area contributed by atoms with Crippen molar-refractivity contribution in [3.05, 3.63) is 98.6 Å². The third-order valence-electron chi connectivity index (χ3n) is 7.71. The first-order valence-electron chi connectivity index (χ1n) is 14.0. The maximum absolute atomic E-state index is 13.3. The molecule has 42 heavy (non-hydrogen) atoms. The van der Waals surface area contributed by atoms with Crippen LogP contribution < -0.4 is 4.74 Å². The third-order valence-corrected chi connectivity index (χ3v) is 8.37. The summed E-state index contributed by atoms with van der Waals surface area (Å²) in [7, 11) is 0. The first kappa shape index (κ1) is 29.6. The summed E-state index contributed by atoms with van der Waals surface area (Å²) in [4.78, 5) is 44.2. The summed E-state index contributed by atoms with van der Waals surface area (Å²) in [5.41, 5.74) is 3.97. The summed E-state index contributed by atoms with van der Waals surface area (Å²) in [6.45, 7) is 12.6. The van der Waals surface area contributed by atoms with Gasteiger partial charge in [0, 0.05) is 27.4 Å². The molecule has 0 aliphatic heterocycles. The lowest BCUT2D eigenvalue weighted by atomic mass is 9.78. The Morgan fingerprint density at radius 1 is 0.905 bits per heavy atom. The molecule has 6 nitrogen and oxygen atoms in total. The number of para-hydroxylation sites is 1. The number of aromatic nitrogens is 1. The van der Waals surface area contributed by atoms with Gasteiger partial charge in [0.05, 0.1) is 16.8 Å². The van der Waals surface area contributed by atoms with Gasteiger partial charge in [-0.2, -0.15) is 0 Å². The summed E-state index contributed by atoms with van der Waals surface area (Å²) in [6.07, 6.45) is 0.608. The number of ether oxygens (including phenoxy) is 1. The Morgan fingerprint density at radius 3 is 2.17 bits per heavy atom. The van der Waals surface area contributed by atoms with E-state index in [9.17, 15) is 14.4 Å². The first-order valence-corrected chi connectivity index (χ1v) is 14.8. The molecule has 7 heteroatoms. The number of nitrogens with zero attached hydrogens (tertiary/aromatic N) is 1. The number of halogens is 1. The fraction of sp³-hybridized carbons (Fsp3) is 0.314. The summed E-state index contributed by atoms with van der Waals surface area (Å²) < 4.78 is 6.39. The van der Waals surface area contributed by atoms with E-state index in [2.05, 4.69) is 62.5 Å². The number of Topliss-reactive ketones (excluding diaryl/α,β-unsaturated/α-hetero) is 2. The number of pyridine rings is 1. The Bertz CT molecular complexity index is 1720. The van der Waals surface area contributed by atoms with Crippen LogP contribution in [0.3, 0.4) is 0 Å². The molecule has 1 aliphatic rings. The average Bonchev–Trinajstić information content (AvgIpc) is 3.17. The van der Waals surface area contributed by atoms with Gasteiger partial charge in [0.2, 0.25) is 0 Å². The van der Waals surface area contributed by atoms with E-state index in [1.165, 1.54) is 0 Å². The van der Waals surface area contributed by atoms with Crippen LogP contribution >= 0.6 is 15.9 Å². The number of esters is 1. The second-order valence-electron chi connectivity index (χ2n) is 12.9. The Morgan fingerprint density at radius 2 is 1.55 bits per heavy atom. The molecule has 0 saturated carbocycles. The minimum absolute atomic E-state index is 0.142. The molecule has 0 spiro atoms. The van der Waals surface area contributed by atoms with Crippen molar-refractivity contribution < 1.29 is 24.2 Å². The van der Waals surface area contributed by atoms with Crippen molar-refractivity contribution in [3.8, 4) is 11.5 Å². The maximum atomic E-state index is 13.3. The number of carbonyl (C=O) groups is 3. The second-order valence-corrected chi connectivity index (χ2v) is 13.8. The molecule has 4 aromatic rings. The van der Waals surface area contributed by atoms with Gasteiger partial charge in [-0.15, -0.1) is 0 Å². The van der Waals surface area contributed by atoms with Crippen LogP contribution in [0.5, 0.6) is 11.5 Å². The molecule has 0 bridgehead atoms. The highest BCUT2D eigenvalue weighted by Gasteiger charge is 2.41. The Kier molecular flexibility index (Phi) is 7.60. The van der Waals surface area contributed by atoms with Crippen LogP contribution in [0.2, 0.25) is 0 Å². The van der Waals surface area contributed by atoms with Gasteiger partial charge >= 0.3 is 5.97 Å². The number of ketones is 2. The Labute approximate surface area is 254 Å². The van der Waals surface area contributed by atoms with Crippen LogP contribution in [-0.2, 0) is 22.0 Å². The smallest absolute Gasteiger partial charge is 0.311 e. The monoisotopic (exact) mass is 628 g/mol. The predicted molar refractivity (Wildman–Crippen MR) is 168 cm³/mol. The quantitative estimate of drug-likeness (QED) is 0.0975. The molecule has 0 amide bonds. The minimum Gasteiger partial charge on any atom is -0.593 e. The van der Waals surface area contributed by atoms with Gasteiger partial charge in [0.1, 0.15) is 11.4 Å². The number of hydrogen-bond donors (Lipinski definition) is 0. The fourth-order valence-electron chi connectivity index (χ4n) is 5.49. The van der Waals surface area contributed by atoms with Gasteiger partial charge < -0.3 is 9.84 Å². The first-order chi connectivity index (χ1) is 19.7. The van der Waals surface area contributed by atoms with Crippen molar-refractivity contribution in [1.29, 1.82) is 0 Å². The van der Waals surface area contributed by atoms with Gasteiger partial charge in [-0.3, -0.25) is 14.4 Å². The van der Waals surface area contributed by atoms with Crippen molar-refractivity contribution >= 4 is 44.4 Å². The molecule has 0 saturated heterocycles. The van der Waals surface area contributed by atoms with Crippen LogP contribution in [0.15, 0.2) is 65.1 Å². The topological polar surface area (TPSA) is 96.2 Å². The number of rotatable bonds is 5. The van der Waals surface area contributed by atoms with Gasteiger partial charge in [-0.25, -0.2) is 4.98 Å². The van der Waals surface area contributed by atoms with E-state index in [4.69, 9.17) is 9.84 Å². The summed E-state index contributed by atoms with van der Waals surface area (Å²) >= 11 is 3.40. The standard InChI is InChI=1S/C35H34BrNO5/c1-34(2,3)22-17-19(18-23(32(22)40)35(4,5)6)13-16-27(38)42-26-12-7-9-20-14-15-25(37-30(20)26)29-31(39)21-10-8-11-24(36)28(21)33(29)41/h7-12,14-15,17-18,29,40H,13,16H2,1-6H3/p+1. The van der Waals surface area contributed by atoms with Crippen LogP contribution in [0.4, 0.5) is 0 Å². The highest BCUT2D eigenvalue weighted by atomic mass is 79.9. The molecule has 3 aromatic carbocycles. The Hall–Kier alpha value is -3.84. The van der Waals surface area contributed by atoms with E-state index in [-0.39, 0.29) is 34.6 Å². The summed E-state index contributed by atoms with van der Waals surface area (Å²) in [5, 5.41) is 9.54. The SMILES string of the molecule is CC(C)(C)c1cc(CCC(=O)Oc2cccc3ccc(C4C(=O)c5cccc(Br)c5C4=O)nc23)cc(C(C)(C)C)c1[OH2+]. The van der Waals surface area contributed by atoms with E-state index in [1.807, 2.05) is 18.2 Å². The number of fused-ring (bicyclic) bond motifs is 2. The number of benzene rings is 3. The zero-order valence-corrected chi connectivity index (χ0v) is 26.3. The molecular weight excluding hydrogens is 594 g/mol.